The van der Waals surface area contributed by atoms with Gasteiger partial charge in [0.25, 0.3) is 0 Å². The van der Waals surface area contributed by atoms with Gasteiger partial charge in [0.1, 0.15) is 0 Å². The Labute approximate surface area is 150 Å². The first-order valence-corrected chi connectivity index (χ1v) is 12.1. The third-order valence-corrected chi connectivity index (χ3v) is 10.1. The topological polar surface area (TPSA) is 37.3 Å². The molecule has 9 atom stereocenters. The highest BCUT2D eigenvalue weighted by Crippen LogP contribution is 2.67. The predicted octanol–water partition coefficient (Wildman–Crippen LogP) is 4.38. The summed E-state index contributed by atoms with van der Waals surface area (Å²) in [7, 11) is -0.653. The summed E-state index contributed by atoms with van der Waals surface area (Å²) in [6.45, 7) is 5.11. The fourth-order valence-corrected chi connectivity index (χ4v) is 9.02. The maximum Gasteiger partial charge on any atom is 0.0543 e. The van der Waals surface area contributed by atoms with Crippen LogP contribution in [0.4, 0.5) is 0 Å². The van der Waals surface area contributed by atoms with Crippen molar-refractivity contribution in [3.63, 3.8) is 0 Å². The number of fused-ring (bicyclic) bond motifs is 5. The second kappa shape index (κ2) is 6.08. The van der Waals surface area contributed by atoms with E-state index in [1.165, 1.54) is 44.9 Å². The minimum Gasteiger partial charge on any atom is -0.393 e. The first-order chi connectivity index (χ1) is 11.3. The molecule has 4 aliphatic rings. The molecule has 4 aliphatic carbocycles. The van der Waals surface area contributed by atoms with Crippen LogP contribution in [0.3, 0.4) is 0 Å². The van der Waals surface area contributed by atoms with E-state index in [0.717, 1.165) is 42.3 Å². The van der Waals surface area contributed by atoms with Crippen molar-refractivity contribution in [3.8, 4) is 0 Å². The van der Waals surface area contributed by atoms with Crippen LogP contribution in [0.15, 0.2) is 0 Å². The molecule has 2 nitrogen and oxygen atoms in total. The van der Waals surface area contributed by atoms with E-state index in [2.05, 4.69) is 13.8 Å². The largest absolute Gasteiger partial charge is 0.393 e. The molecule has 0 heterocycles. The quantitative estimate of drug-likeness (QED) is 0.800. The Morgan fingerprint density at radius 2 is 1.67 bits per heavy atom. The highest BCUT2D eigenvalue weighted by atomic mass is 32.2. The van der Waals surface area contributed by atoms with Crippen molar-refractivity contribution in [1.29, 1.82) is 0 Å². The zero-order chi connectivity index (χ0) is 17.1. The van der Waals surface area contributed by atoms with Crippen LogP contribution in [-0.2, 0) is 10.8 Å². The van der Waals surface area contributed by atoms with Crippen LogP contribution in [0.2, 0.25) is 0 Å². The summed E-state index contributed by atoms with van der Waals surface area (Å²) < 4.78 is 11.9. The highest BCUT2D eigenvalue weighted by molar-refractivity contribution is 7.84. The van der Waals surface area contributed by atoms with Gasteiger partial charge in [-0.2, -0.15) is 0 Å². The Morgan fingerprint density at radius 3 is 2.42 bits per heavy atom. The molecule has 0 aromatic heterocycles. The minimum absolute atomic E-state index is 0.0381. The zero-order valence-corrected chi connectivity index (χ0v) is 16.6. The number of aliphatic hydroxyl groups is 1. The summed E-state index contributed by atoms with van der Waals surface area (Å²) in [5.74, 6) is 5.02. The van der Waals surface area contributed by atoms with Gasteiger partial charge in [-0.25, -0.2) is 0 Å². The van der Waals surface area contributed by atoms with Crippen molar-refractivity contribution >= 4 is 10.8 Å². The Balaban J connectivity index is 1.57. The lowest BCUT2D eigenvalue weighted by atomic mass is 9.45. The summed E-state index contributed by atoms with van der Waals surface area (Å²) in [6.07, 6.45) is 13.3. The van der Waals surface area contributed by atoms with E-state index < -0.39 is 10.8 Å². The van der Waals surface area contributed by atoms with Crippen LogP contribution >= 0.6 is 0 Å². The van der Waals surface area contributed by atoms with Crippen LogP contribution in [0.1, 0.15) is 71.6 Å². The molecular weight excluding hydrogens is 316 g/mol. The normalized spacial score (nSPS) is 55.3. The van der Waals surface area contributed by atoms with E-state index in [1.54, 1.807) is 0 Å². The summed E-state index contributed by atoms with van der Waals surface area (Å²) in [4.78, 5) is 0. The van der Waals surface area contributed by atoms with Crippen LogP contribution in [-0.4, -0.2) is 27.4 Å². The van der Waals surface area contributed by atoms with Crippen molar-refractivity contribution in [3.05, 3.63) is 0 Å². The second-order valence-corrected chi connectivity index (χ2v) is 11.6. The molecule has 4 saturated carbocycles. The molecule has 3 heteroatoms. The van der Waals surface area contributed by atoms with Crippen molar-refractivity contribution in [1.82, 2.24) is 0 Å². The number of aliphatic hydroxyl groups excluding tert-OH is 1. The molecule has 0 amide bonds. The van der Waals surface area contributed by atoms with Gasteiger partial charge in [-0.3, -0.25) is 4.21 Å². The van der Waals surface area contributed by atoms with Gasteiger partial charge in [0.2, 0.25) is 0 Å². The van der Waals surface area contributed by atoms with Crippen LogP contribution < -0.4 is 0 Å². The van der Waals surface area contributed by atoms with E-state index in [1.807, 2.05) is 6.26 Å². The summed E-state index contributed by atoms with van der Waals surface area (Å²) >= 11 is 0. The maximum absolute atomic E-state index is 11.9. The molecule has 4 rings (SSSR count). The van der Waals surface area contributed by atoms with Crippen molar-refractivity contribution in [2.45, 2.75) is 77.7 Å². The molecule has 2 unspecified atom stereocenters. The smallest absolute Gasteiger partial charge is 0.0543 e. The standard InChI is InChI=1S/C21H36O2S/c1-20-10-8-16(22)12-14(20)4-6-17-18-7-5-15(13-24(3)23)21(18,2)11-9-19(17)20/h14-19,22H,4-13H2,1-3H3/t14-,15?,16+,17-,18-,19-,20-,21+,24?/m0/s1. The summed E-state index contributed by atoms with van der Waals surface area (Å²) in [6, 6.07) is 0. The average molecular weight is 353 g/mol. The maximum atomic E-state index is 11.9. The van der Waals surface area contributed by atoms with Gasteiger partial charge in [-0.05, 0) is 98.2 Å². The monoisotopic (exact) mass is 352 g/mol. The average Bonchev–Trinajstić information content (AvgIpc) is 2.84. The van der Waals surface area contributed by atoms with Gasteiger partial charge < -0.3 is 5.11 Å². The van der Waals surface area contributed by atoms with Crippen LogP contribution in [0.5, 0.6) is 0 Å². The lowest BCUT2D eigenvalue weighted by Crippen LogP contribution is -2.54. The van der Waals surface area contributed by atoms with Gasteiger partial charge in [-0.1, -0.05) is 13.8 Å². The Hall–Kier alpha value is 0.110. The zero-order valence-electron chi connectivity index (χ0n) is 15.8. The Morgan fingerprint density at radius 1 is 0.958 bits per heavy atom. The van der Waals surface area contributed by atoms with Gasteiger partial charge in [0.15, 0.2) is 0 Å². The second-order valence-electron chi connectivity index (χ2n) is 10.1. The molecule has 138 valence electrons. The van der Waals surface area contributed by atoms with E-state index in [0.29, 0.717) is 16.7 Å². The molecule has 0 radical (unpaired) electrons. The first-order valence-electron chi connectivity index (χ1n) is 10.3. The minimum atomic E-state index is -0.653. The van der Waals surface area contributed by atoms with Gasteiger partial charge >= 0.3 is 0 Å². The molecule has 0 aromatic rings. The van der Waals surface area contributed by atoms with Crippen molar-refractivity contribution in [2.24, 2.45) is 40.4 Å². The van der Waals surface area contributed by atoms with Crippen molar-refractivity contribution in [2.75, 3.05) is 12.0 Å². The molecule has 0 saturated heterocycles. The number of hydrogen-bond donors (Lipinski definition) is 1. The van der Waals surface area contributed by atoms with E-state index >= 15 is 0 Å². The molecule has 4 fully saturated rings. The number of rotatable bonds is 2. The van der Waals surface area contributed by atoms with E-state index in [4.69, 9.17) is 0 Å². The lowest BCUT2D eigenvalue weighted by molar-refractivity contribution is -0.125. The Kier molecular flexibility index (Phi) is 4.44. The third-order valence-electron chi connectivity index (χ3n) is 9.27. The van der Waals surface area contributed by atoms with Gasteiger partial charge in [0, 0.05) is 22.8 Å². The van der Waals surface area contributed by atoms with Crippen LogP contribution in [0, 0.1) is 40.4 Å². The molecule has 0 spiro atoms. The molecule has 0 aromatic carbocycles. The first kappa shape index (κ1) is 17.5. The summed E-state index contributed by atoms with van der Waals surface area (Å²) in [5.41, 5.74) is 0.930. The molecule has 0 bridgehead atoms. The van der Waals surface area contributed by atoms with Gasteiger partial charge in [0.05, 0.1) is 6.10 Å². The molecular formula is C21H36O2S. The number of hydrogen-bond acceptors (Lipinski definition) is 2. The lowest BCUT2D eigenvalue weighted by Gasteiger charge is -2.61. The Bertz CT molecular complexity index is 520. The molecule has 0 aliphatic heterocycles. The van der Waals surface area contributed by atoms with Crippen molar-refractivity contribution < 1.29 is 9.32 Å². The van der Waals surface area contributed by atoms with E-state index in [-0.39, 0.29) is 6.10 Å². The van der Waals surface area contributed by atoms with E-state index in [9.17, 15) is 9.32 Å². The SMILES string of the molecule is CS(=O)CC1CC[C@H]2[C@@H]3CC[C@H]4C[C@H](O)CC[C@]4(C)[C@H]3CC[C@]12C. The highest BCUT2D eigenvalue weighted by Gasteiger charge is 2.59. The fourth-order valence-electron chi connectivity index (χ4n) is 7.90. The molecule has 1 N–H and O–H groups in total. The van der Waals surface area contributed by atoms with Crippen LogP contribution in [0.25, 0.3) is 0 Å². The van der Waals surface area contributed by atoms with Gasteiger partial charge in [-0.15, -0.1) is 0 Å². The molecule has 24 heavy (non-hydrogen) atoms. The summed E-state index contributed by atoms with van der Waals surface area (Å²) in [5, 5.41) is 10.1. The fraction of sp³-hybridized carbons (Fsp3) is 1.00. The predicted molar refractivity (Wildman–Crippen MR) is 100 cm³/mol. The third kappa shape index (κ3) is 2.55.